The van der Waals surface area contributed by atoms with Crippen LogP contribution in [-0.2, 0) is 28.6 Å². The number of carbonyl (C=O) groups excluding carboxylic acids is 3. The molecule has 0 aliphatic heterocycles. The first-order chi connectivity index (χ1) is 37.5. The number of hydrogen-bond donors (Lipinski definition) is 0. The molecule has 0 aromatic rings. The van der Waals surface area contributed by atoms with E-state index in [2.05, 4.69) is 57.2 Å². The molecule has 0 rings (SSSR count). The van der Waals surface area contributed by atoms with Crippen LogP contribution >= 0.6 is 0 Å². The van der Waals surface area contributed by atoms with Gasteiger partial charge in [-0.1, -0.05) is 314 Å². The van der Waals surface area contributed by atoms with Crippen molar-refractivity contribution in [2.45, 2.75) is 380 Å². The van der Waals surface area contributed by atoms with Crippen molar-refractivity contribution >= 4 is 17.9 Å². The largest absolute Gasteiger partial charge is 0.462 e. The number of carbonyl (C=O) groups is 3. The molecule has 0 spiro atoms. The van der Waals surface area contributed by atoms with Crippen LogP contribution in [0, 0.1) is 0 Å². The standard InChI is InChI=1S/C70H130O6/c1-4-7-10-13-16-18-20-22-24-26-28-29-30-31-32-33-34-35-36-37-38-39-40-41-42-44-45-47-49-51-54-57-60-63-69(72)75-66-67(65-74-68(71)62-59-56-53-15-12-9-6-3)76-70(73)64-61-58-55-52-50-48-46-43-27-25-23-21-19-17-14-11-8-5-2/h20,22,25-28,67H,4-19,21,23-24,29-66H2,1-3H3/b22-20-,27-25-,28-26-. The lowest BCUT2D eigenvalue weighted by atomic mass is 10.0. The molecule has 1 unspecified atom stereocenters. The van der Waals surface area contributed by atoms with Crippen molar-refractivity contribution in [3.05, 3.63) is 36.5 Å². The minimum Gasteiger partial charge on any atom is -0.462 e. The van der Waals surface area contributed by atoms with Gasteiger partial charge in [0, 0.05) is 19.3 Å². The second-order valence-corrected chi connectivity index (χ2v) is 23.1. The minimum atomic E-state index is -0.769. The molecule has 0 saturated carbocycles. The first kappa shape index (κ1) is 73.6. The van der Waals surface area contributed by atoms with E-state index in [0.29, 0.717) is 19.3 Å². The van der Waals surface area contributed by atoms with E-state index in [1.165, 1.54) is 270 Å². The molecule has 0 aromatic heterocycles. The molecule has 6 heteroatoms. The zero-order valence-corrected chi connectivity index (χ0v) is 51.3. The summed E-state index contributed by atoms with van der Waals surface area (Å²) in [4.78, 5) is 38.1. The third-order valence-corrected chi connectivity index (χ3v) is 15.4. The Morgan fingerprint density at radius 2 is 0.474 bits per heavy atom. The lowest BCUT2D eigenvalue weighted by molar-refractivity contribution is -0.167. The molecule has 0 amide bonds. The topological polar surface area (TPSA) is 78.9 Å². The maximum absolute atomic E-state index is 12.8. The molecule has 0 N–H and O–H groups in total. The van der Waals surface area contributed by atoms with Crippen LogP contribution in [0.25, 0.3) is 0 Å². The molecule has 0 fully saturated rings. The van der Waals surface area contributed by atoms with Gasteiger partial charge in [-0.15, -0.1) is 0 Å². The van der Waals surface area contributed by atoms with Crippen molar-refractivity contribution in [3.8, 4) is 0 Å². The highest BCUT2D eigenvalue weighted by Crippen LogP contribution is 2.18. The summed E-state index contributed by atoms with van der Waals surface area (Å²) >= 11 is 0. The Bertz CT molecular complexity index is 1270. The maximum Gasteiger partial charge on any atom is 0.306 e. The highest BCUT2D eigenvalue weighted by atomic mass is 16.6. The molecule has 0 saturated heterocycles. The quantitative estimate of drug-likeness (QED) is 0.0261. The van der Waals surface area contributed by atoms with Crippen molar-refractivity contribution in [1.82, 2.24) is 0 Å². The highest BCUT2D eigenvalue weighted by molar-refractivity contribution is 5.71. The summed E-state index contributed by atoms with van der Waals surface area (Å²) in [5.74, 6) is -0.857. The Labute approximate surface area is 474 Å². The van der Waals surface area contributed by atoms with E-state index in [1.807, 2.05) is 0 Å². The van der Waals surface area contributed by atoms with Gasteiger partial charge in [0.1, 0.15) is 13.2 Å². The number of rotatable bonds is 63. The Balaban J connectivity index is 3.97. The Morgan fingerprint density at radius 1 is 0.263 bits per heavy atom. The summed E-state index contributed by atoms with van der Waals surface area (Å²) in [6.07, 6.45) is 80.6. The van der Waals surface area contributed by atoms with Crippen molar-refractivity contribution in [2.75, 3.05) is 13.2 Å². The van der Waals surface area contributed by atoms with Gasteiger partial charge in [0.15, 0.2) is 6.10 Å². The molecule has 0 heterocycles. The summed E-state index contributed by atoms with van der Waals surface area (Å²) in [6, 6.07) is 0. The molecule has 1 atom stereocenters. The SMILES string of the molecule is CCCCCCC/C=C\C/C=C\CCCCCCCCCCCCCCCCCCCCCCCC(=O)OCC(COC(=O)CCCCCCCCC)OC(=O)CCCCCCCCC/C=C\CCCCCCCCC. The predicted octanol–water partition coefficient (Wildman–Crippen LogP) is 23.2. The lowest BCUT2D eigenvalue weighted by Gasteiger charge is -2.18. The third-order valence-electron chi connectivity index (χ3n) is 15.4. The summed E-state index contributed by atoms with van der Waals surface area (Å²) < 4.78 is 16.9. The summed E-state index contributed by atoms with van der Waals surface area (Å²) in [7, 11) is 0. The zero-order valence-electron chi connectivity index (χ0n) is 51.3. The van der Waals surface area contributed by atoms with Gasteiger partial charge in [0.25, 0.3) is 0 Å². The van der Waals surface area contributed by atoms with Crippen LogP contribution in [0.1, 0.15) is 374 Å². The van der Waals surface area contributed by atoms with Gasteiger partial charge in [-0.25, -0.2) is 0 Å². The van der Waals surface area contributed by atoms with Gasteiger partial charge in [-0.2, -0.15) is 0 Å². The molecule has 0 aliphatic carbocycles. The molecule has 0 bridgehead atoms. The van der Waals surface area contributed by atoms with E-state index in [9.17, 15) is 14.4 Å². The number of unbranched alkanes of at least 4 members (excludes halogenated alkanes) is 46. The van der Waals surface area contributed by atoms with Gasteiger partial charge in [0.05, 0.1) is 0 Å². The molecular weight excluding hydrogens is 937 g/mol. The fourth-order valence-electron chi connectivity index (χ4n) is 10.2. The van der Waals surface area contributed by atoms with Crippen molar-refractivity contribution in [1.29, 1.82) is 0 Å². The average Bonchev–Trinajstić information content (AvgIpc) is 3.42. The predicted molar refractivity (Wildman–Crippen MR) is 330 cm³/mol. The zero-order chi connectivity index (χ0) is 55.0. The second-order valence-electron chi connectivity index (χ2n) is 23.1. The van der Waals surface area contributed by atoms with Gasteiger partial charge in [-0.05, 0) is 77.0 Å². The Morgan fingerprint density at radius 3 is 0.737 bits per heavy atom. The lowest BCUT2D eigenvalue weighted by Crippen LogP contribution is -2.30. The van der Waals surface area contributed by atoms with Crippen LogP contribution < -0.4 is 0 Å². The fraction of sp³-hybridized carbons (Fsp3) is 0.871. The number of esters is 3. The van der Waals surface area contributed by atoms with Crippen LogP contribution in [0.15, 0.2) is 36.5 Å². The number of hydrogen-bond acceptors (Lipinski definition) is 6. The molecule has 0 aliphatic rings. The van der Waals surface area contributed by atoms with Gasteiger partial charge in [0.2, 0.25) is 0 Å². The minimum absolute atomic E-state index is 0.0686. The molecule has 76 heavy (non-hydrogen) atoms. The molecule has 6 nitrogen and oxygen atoms in total. The highest BCUT2D eigenvalue weighted by Gasteiger charge is 2.19. The molecule has 446 valence electrons. The molecule has 0 aromatic carbocycles. The second kappa shape index (κ2) is 65.2. The van der Waals surface area contributed by atoms with Crippen LogP contribution in [0.3, 0.4) is 0 Å². The van der Waals surface area contributed by atoms with Gasteiger partial charge < -0.3 is 14.2 Å². The maximum atomic E-state index is 12.8. The smallest absolute Gasteiger partial charge is 0.306 e. The Hall–Kier alpha value is -2.37. The first-order valence-electron chi connectivity index (χ1n) is 34.0. The van der Waals surface area contributed by atoms with Crippen molar-refractivity contribution in [3.63, 3.8) is 0 Å². The van der Waals surface area contributed by atoms with Crippen LogP contribution in [0.2, 0.25) is 0 Å². The van der Waals surface area contributed by atoms with Crippen molar-refractivity contribution < 1.29 is 28.6 Å². The van der Waals surface area contributed by atoms with E-state index < -0.39 is 6.10 Å². The first-order valence-corrected chi connectivity index (χ1v) is 34.0. The monoisotopic (exact) mass is 1070 g/mol. The van der Waals surface area contributed by atoms with Crippen LogP contribution in [-0.4, -0.2) is 37.2 Å². The average molecular weight is 1070 g/mol. The normalized spacial score (nSPS) is 12.2. The van der Waals surface area contributed by atoms with Crippen molar-refractivity contribution in [2.24, 2.45) is 0 Å². The summed E-state index contributed by atoms with van der Waals surface area (Å²) in [6.45, 7) is 6.64. The van der Waals surface area contributed by atoms with E-state index in [1.54, 1.807) is 0 Å². The van der Waals surface area contributed by atoms with E-state index in [0.717, 1.165) is 64.2 Å². The van der Waals surface area contributed by atoms with Crippen LogP contribution in [0.4, 0.5) is 0 Å². The Kier molecular flexibility index (Phi) is 63.1. The molecule has 0 radical (unpaired) electrons. The van der Waals surface area contributed by atoms with Crippen LogP contribution in [0.5, 0.6) is 0 Å². The number of ether oxygens (including phenoxy) is 3. The third kappa shape index (κ3) is 62.5. The summed E-state index contributed by atoms with van der Waals surface area (Å²) in [5.41, 5.74) is 0. The number of allylic oxidation sites excluding steroid dienone is 6. The summed E-state index contributed by atoms with van der Waals surface area (Å²) in [5, 5.41) is 0. The van der Waals surface area contributed by atoms with Gasteiger partial charge in [-0.3, -0.25) is 14.4 Å². The van der Waals surface area contributed by atoms with Gasteiger partial charge >= 0.3 is 17.9 Å². The van der Waals surface area contributed by atoms with E-state index >= 15 is 0 Å². The van der Waals surface area contributed by atoms with E-state index in [4.69, 9.17) is 14.2 Å². The van der Waals surface area contributed by atoms with E-state index in [-0.39, 0.29) is 31.1 Å². The molecular formula is C70H130O6. The fourth-order valence-corrected chi connectivity index (χ4v) is 10.2.